The number of benzene rings is 1. The lowest BCUT2D eigenvalue weighted by Crippen LogP contribution is -2.62. The normalized spacial score (nSPS) is 37.5. The summed E-state index contributed by atoms with van der Waals surface area (Å²) >= 11 is 0. The number of fused-ring (bicyclic) bond motifs is 7. The van der Waals surface area contributed by atoms with Gasteiger partial charge >= 0.3 is 0 Å². The van der Waals surface area contributed by atoms with Gasteiger partial charge in [-0.25, -0.2) is 0 Å². The maximum Gasteiger partial charge on any atom is -0.00297 e. The SMILES string of the molecule is C#CC.C=C(C)C12CCCC1C1CCC3C(C)(CCC4C(C)(C)C(C)CCC43C)C1CC2.C=C(C)c1cc(CC)ccc1C.C=CC. The molecule has 0 heteroatoms. The number of aryl methyl sites for hydroxylation is 2. The summed E-state index contributed by atoms with van der Waals surface area (Å²) in [6.07, 6.45) is 23.8. The molecule has 0 saturated heterocycles. The summed E-state index contributed by atoms with van der Waals surface area (Å²) in [6, 6.07) is 6.59. The van der Waals surface area contributed by atoms with Crippen molar-refractivity contribution >= 4 is 5.57 Å². The van der Waals surface area contributed by atoms with Crippen molar-refractivity contribution in [2.75, 3.05) is 0 Å². The molecule has 6 rings (SSSR count). The molecule has 5 aliphatic rings. The smallest absolute Gasteiger partial charge is 0.00297 e. The van der Waals surface area contributed by atoms with Crippen LogP contribution in [0.15, 0.2) is 49.6 Å². The highest BCUT2D eigenvalue weighted by Gasteiger charge is 2.65. The van der Waals surface area contributed by atoms with Gasteiger partial charge in [-0.1, -0.05) is 96.5 Å². The van der Waals surface area contributed by atoms with Crippen LogP contribution in [-0.4, -0.2) is 0 Å². The minimum atomic E-state index is 0.522. The molecular formula is C47H74. The van der Waals surface area contributed by atoms with Crippen molar-refractivity contribution in [3.05, 3.63) is 66.3 Å². The van der Waals surface area contributed by atoms with Crippen molar-refractivity contribution in [2.45, 2.75) is 153 Å². The predicted octanol–water partition coefficient (Wildman–Crippen LogP) is 14.1. The molecule has 5 fully saturated rings. The molecule has 0 radical (unpaired) electrons. The average molecular weight is 639 g/mol. The summed E-state index contributed by atoms with van der Waals surface area (Å²) in [6.45, 7) is 37.4. The summed E-state index contributed by atoms with van der Waals surface area (Å²) in [5.41, 5.74) is 8.94. The number of terminal acetylenes is 1. The van der Waals surface area contributed by atoms with Crippen LogP contribution in [0.1, 0.15) is 157 Å². The first-order valence-corrected chi connectivity index (χ1v) is 19.4. The zero-order valence-electron chi connectivity index (χ0n) is 33.0. The van der Waals surface area contributed by atoms with E-state index in [-0.39, 0.29) is 0 Å². The van der Waals surface area contributed by atoms with Crippen LogP contribution in [0.4, 0.5) is 0 Å². The van der Waals surface area contributed by atoms with Crippen LogP contribution >= 0.6 is 0 Å². The van der Waals surface area contributed by atoms with Crippen LogP contribution in [0, 0.1) is 76.4 Å². The van der Waals surface area contributed by atoms with E-state index in [9.17, 15) is 0 Å². The van der Waals surface area contributed by atoms with Crippen molar-refractivity contribution in [3.8, 4) is 12.3 Å². The van der Waals surface area contributed by atoms with E-state index in [4.69, 9.17) is 0 Å². The van der Waals surface area contributed by atoms with Crippen LogP contribution < -0.4 is 0 Å². The largest absolute Gasteiger partial charge is 0.120 e. The summed E-state index contributed by atoms with van der Waals surface area (Å²) in [7, 11) is 0. The fraction of sp³-hybridized carbons (Fsp3) is 0.702. The maximum absolute atomic E-state index is 4.60. The van der Waals surface area contributed by atoms with Gasteiger partial charge in [0.25, 0.3) is 0 Å². The molecule has 47 heavy (non-hydrogen) atoms. The molecule has 0 aromatic heterocycles. The molecule has 9 unspecified atom stereocenters. The van der Waals surface area contributed by atoms with Gasteiger partial charge in [0.05, 0.1) is 0 Å². The van der Waals surface area contributed by atoms with Gasteiger partial charge < -0.3 is 0 Å². The molecule has 0 bridgehead atoms. The van der Waals surface area contributed by atoms with Crippen LogP contribution in [0.3, 0.4) is 0 Å². The Morgan fingerprint density at radius 1 is 0.894 bits per heavy atom. The molecule has 9 atom stereocenters. The highest BCUT2D eigenvalue weighted by molar-refractivity contribution is 5.65. The van der Waals surface area contributed by atoms with E-state index >= 15 is 0 Å². The number of hydrogen-bond acceptors (Lipinski definition) is 0. The number of hydrogen-bond donors (Lipinski definition) is 0. The average Bonchev–Trinajstić information content (AvgIpc) is 3.47. The van der Waals surface area contributed by atoms with Crippen LogP contribution in [-0.2, 0) is 6.42 Å². The first-order chi connectivity index (χ1) is 22.0. The second-order valence-corrected chi connectivity index (χ2v) is 17.7. The first kappa shape index (κ1) is 39.4. The highest BCUT2D eigenvalue weighted by Crippen LogP contribution is 2.73. The van der Waals surface area contributed by atoms with E-state index in [1.807, 2.05) is 6.92 Å². The predicted molar refractivity (Wildman–Crippen MR) is 210 cm³/mol. The van der Waals surface area contributed by atoms with Gasteiger partial charge in [0.1, 0.15) is 0 Å². The molecule has 5 saturated carbocycles. The lowest BCUT2D eigenvalue weighted by molar-refractivity contribution is -0.202. The molecule has 0 nitrogen and oxygen atoms in total. The van der Waals surface area contributed by atoms with E-state index in [2.05, 4.69) is 113 Å². The lowest BCUT2D eigenvalue weighted by atomic mass is 9.35. The van der Waals surface area contributed by atoms with Crippen molar-refractivity contribution < 1.29 is 0 Å². The Labute approximate surface area is 293 Å². The Morgan fingerprint density at radius 3 is 2.09 bits per heavy atom. The summed E-state index contributed by atoms with van der Waals surface area (Å²) in [5, 5.41) is 0. The van der Waals surface area contributed by atoms with E-state index in [1.165, 1.54) is 92.9 Å². The van der Waals surface area contributed by atoms with Crippen molar-refractivity contribution in [2.24, 2.45) is 57.2 Å². The summed E-state index contributed by atoms with van der Waals surface area (Å²) < 4.78 is 0. The number of rotatable bonds is 3. The van der Waals surface area contributed by atoms with Gasteiger partial charge in [-0.3, -0.25) is 0 Å². The van der Waals surface area contributed by atoms with Crippen LogP contribution in [0.2, 0.25) is 0 Å². The third kappa shape index (κ3) is 7.32. The topological polar surface area (TPSA) is 0 Å². The fourth-order valence-electron chi connectivity index (χ4n) is 12.5. The second kappa shape index (κ2) is 15.7. The Bertz CT molecular complexity index is 1280. The van der Waals surface area contributed by atoms with E-state index < -0.39 is 0 Å². The second-order valence-electron chi connectivity index (χ2n) is 17.7. The monoisotopic (exact) mass is 639 g/mol. The molecule has 0 spiro atoms. The first-order valence-electron chi connectivity index (χ1n) is 19.4. The van der Waals surface area contributed by atoms with Gasteiger partial charge in [0.15, 0.2) is 0 Å². The Balaban J connectivity index is 0.000000278. The van der Waals surface area contributed by atoms with Gasteiger partial charge in [-0.15, -0.1) is 18.9 Å². The Kier molecular flexibility index (Phi) is 13.2. The fourth-order valence-corrected chi connectivity index (χ4v) is 12.5. The molecule has 5 aliphatic carbocycles. The minimum absolute atomic E-state index is 0.522. The molecule has 0 amide bonds. The van der Waals surface area contributed by atoms with Crippen LogP contribution in [0.5, 0.6) is 0 Å². The lowest BCUT2D eigenvalue weighted by Gasteiger charge is -2.69. The standard InChI is InChI=1S/C29H48.C12H16.C3H6.C3H4/c1-19(2)29-15-8-9-23(29)21-10-11-25-27(6,22(21)13-18-29)17-14-24-26(4,5)20(3)12-16-28(24,25)7;1-5-11-7-6-10(4)12(8-11)9(2)3;2*1-3-2/h20-25H,1,8-18H2,2-7H3;6-8H,2,5H2,1,3-4H3;3H,1H2,2H3;1H,2H3. The van der Waals surface area contributed by atoms with Crippen molar-refractivity contribution in [1.82, 2.24) is 0 Å². The summed E-state index contributed by atoms with van der Waals surface area (Å²) in [5.74, 6) is 8.02. The molecule has 262 valence electrons. The van der Waals surface area contributed by atoms with Gasteiger partial charge in [0, 0.05) is 0 Å². The zero-order chi connectivity index (χ0) is 35.4. The van der Waals surface area contributed by atoms with E-state index in [0.717, 1.165) is 47.5 Å². The Morgan fingerprint density at radius 2 is 1.51 bits per heavy atom. The third-order valence-corrected chi connectivity index (χ3v) is 15.1. The number of allylic oxidation sites excluding steroid dienone is 3. The van der Waals surface area contributed by atoms with E-state index in [0.29, 0.717) is 21.7 Å². The van der Waals surface area contributed by atoms with Gasteiger partial charge in [-0.05, 0) is 179 Å². The molecular weight excluding hydrogens is 565 g/mol. The summed E-state index contributed by atoms with van der Waals surface area (Å²) in [4.78, 5) is 0. The third-order valence-electron chi connectivity index (χ3n) is 15.1. The molecule has 0 aliphatic heterocycles. The molecule has 1 aromatic rings. The molecule has 1 aromatic carbocycles. The highest BCUT2D eigenvalue weighted by atomic mass is 14.7. The van der Waals surface area contributed by atoms with Gasteiger partial charge in [-0.2, -0.15) is 0 Å². The minimum Gasteiger partial charge on any atom is -0.120 e. The Hall–Kier alpha value is -2.00. The zero-order valence-corrected chi connectivity index (χ0v) is 33.0. The van der Waals surface area contributed by atoms with Gasteiger partial charge in [0.2, 0.25) is 0 Å². The quantitative estimate of drug-likeness (QED) is 0.228. The van der Waals surface area contributed by atoms with E-state index in [1.54, 1.807) is 13.0 Å². The van der Waals surface area contributed by atoms with Crippen LogP contribution in [0.25, 0.3) is 5.57 Å². The van der Waals surface area contributed by atoms with Crippen molar-refractivity contribution in [1.29, 1.82) is 0 Å². The maximum atomic E-state index is 4.60. The van der Waals surface area contributed by atoms with Crippen molar-refractivity contribution in [3.63, 3.8) is 0 Å². The molecule has 0 heterocycles. The molecule has 0 N–H and O–H groups in total.